The molecular weight excluding hydrogens is 213 g/mol. The van der Waals surface area contributed by atoms with Crippen LogP contribution in [0.25, 0.3) is 0 Å². The van der Waals surface area contributed by atoms with Crippen LogP contribution in [0.4, 0.5) is 0 Å². The summed E-state index contributed by atoms with van der Waals surface area (Å²) in [6.45, 7) is 8.06. The average Bonchev–Trinajstić information content (AvgIpc) is 2.14. The second-order valence-corrected chi connectivity index (χ2v) is 5.54. The molecule has 15 heavy (non-hydrogen) atoms. The van der Waals surface area contributed by atoms with Gasteiger partial charge < -0.3 is 9.05 Å². The molecule has 0 amide bonds. The lowest BCUT2D eigenvalue weighted by molar-refractivity contribution is 0.187. The molecule has 0 bridgehead atoms. The van der Waals surface area contributed by atoms with Crippen LogP contribution >= 0.6 is 7.60 Å². The summed E-state index contributed by atoms with van der Waals surface area (Å²) in [6.07, 6.45) is 2.32. The highest BCUT2D eigenvalue weighted by Gasteiger charge is 2.36. The maximum atomic E-state index is 12.4. The van der Waals surface area contributed by atoms with E-state index in [4.69, 9.17) is 9.05 Å². The molecule has 0 saturated heterocycles. The molecule has 1 atom stereocenters. The Labute approximate surface area is 92.8 Å². The molecule has 0 aromatic heterocycles. The zero-order chi connectivity index (χ0) is 11.9. The summed E-state index contributed by atoms with van der Waals surface area (Å²) in [5, 5.41) is 0. The Bertz CT molecular complexity index is 221. The van der Waals surface area contributed by atoms with Crippen molar-refractivity contribution in [1.82, 2.24) is 4.90 Å². The fourth-order valence-corrected chi connectivity index (χ4v) is 3.45. The van der Waals surface area contributed by atoms with Gasteiger partial charge in [-0.15, -0.1) is 6.58 Å². The maximum absolute atomic E-state index is 12.4. The minimum Gasteiger partial charge on any atom is -0.308 e. The lowest BCUT2D eigenvalue weighted by Gasteiger charge is -2.30. The van der Waals surface area contributed by atoms with Crippen LogP contribution in [-0.2, 0) is 13.6 Å². The fourth-order valence-electron chi connectivity index (χ4n) is 1.34. The molecule has 0 spiro atoms. The second-order valence-electron chi connectivity index (χ2n) is 3.34. The van der Waals surface area contributed by atoms with Gasteiger partial charge in [0.1, 0.15) is 5.78 Å². The first kappa shape index (κ1) is 14.8. The maximum Gasteiger partial charge on any atom is 0.347 e. The van der Waals surface area contributed by atoms with Gasteiger partial charge in [-0.05, 0) is 34.4 Å². The van der Waals surface area contributed by atoms with Crippen LogP contribution in [0.5, 0.6) is 0 Å². The van der Waals surface area contributed by atoms with E-state index in [2.05, 4.69) is 6.58 Å². The highest BCUT2D eigenvalue weighted by molar-refractivity contribution is 7.54. The first-order valence-electron chi connectivity index (χ1n) is 5.17. The first-order chi connectivity index (χ1) is 7.01. The van der Waals surface area contributed by atoms with Gasteiger partial charge in [0.15, 0.2) is 0 Å². The van der Waals surface area contributed by atoms with Crippen LogP contribution in [0, 0.1) is 0 Å². The standard InChI is InChI=1S/C10H22NO3P/c1-6-9-10(11(4)5)15(12,13-7-2)14-8-3/h6,10H,1,7-9H2,2-5H3. The summed E-state index contributed by atoms with van der Waals surface area (Å²) >= 11 is 0. The molecule has 0 aliphatic carbocycles. The Morgan fingerprint density at radius 2 is 1.80 bits per heavy atom. The summed E-state index contributed by atoms with van der Waals surface area (Å²) in [4.78, 5) is 1.85. The van der Waals surface area contributed by atoms with Gasteiger partial charge in [0.05, 0.1) is 13.2 Å². The van der Waals surface area contributed by atoms with E-state index in [1.807, 2.05) is 32.8 Å². The van der Waals surface area contributed by atoms with Crippen molar-refractivity contribution in [1.29, 1.82) is 0 Å². The molecule has 5 heteroatoms. The van der Waals surface area contributed by atoms with Crippen LogP contribution in [0.3, 0.4) is 0 Å². The van der Waals surface area contributed by atoms with Gasteiger partial charge in [0.2, 0.25) is 0 Å². The smallest absolute Gasteiger partial charge is 0.308 e. The lowest BCUT2D eigenvalue weighted by atomic mass is 10.4. The van der Waals surface area contributed by atoms with Crippen LogP contribution in [0.15, 0.2) is 12.7 Å². The molecule has 0 heterocycles. The first-order valence-corrected chi connectivity index (χ1v) is 6.79. The number of nitrogens with zero attached hydrogens (tertiary/aromatic N) is 1. The van der Waals surface area contributed by atoms with E-state index in [1.165, 1.54) is 0 Å². The molecule has 0 aliphatic heterocycles. The van der Waals surface area contributed by atoms with Crippen molar-refractivity contribution >= 4 is 7.60 Å². The predicted octanol–water partition coefficient (Wildman–Crippen LogP) is 2.72. The van der Waals surface area contributed by atoms with Crippen molar-refractivity contribution in [3.05, 3.63) is 12.7 Å². The Morgan fingerprint density at radius 3 is 2.07 bits per heavy atom. The van der Waals surface area contributed by atoms with Crippen molar-refractivity contribution in [3.63, 3.8) is 0 Å². The molecular formula is C10H22NO3P. The molecule has 0 N–H and O–H groups in total. The van der Waals surface area contributed by atoms with Crippen molar-refractivity contribution in [2.45, 2.75) is 26.1 Å². The van der Waals surface area contributed by atoms with E-state index < -0.39 is 7.60 Å². The van der Waals surface area contributed by atoms with E-state index in [-0.39, 0.29) is 5.78 Å². The van der Waals surface area contributed by atoms with Gasteiger partial charge >= 0.3 is 7.60 Å². The molecule has 90 valence electrons. The Kier molecular flexibility index (Phi) is 7.11. The van der Waals surface area contributed by atoms with Gasteiger partial charge in [0, 0.05) is 0 Å². The molecule has 0 aromatic carbocycles. The SMILES string of the molecule is C=CCC(N(C)C)P(=O)(OCC)OCC. The average molecular weight is 235 g/mol. The van der Waals surface area contributed by atoms with Gasteiger partial charge in [0.25, 0.3) is 0 Å². The molecule has 1 unspecified atom stereocenters. The molecule has 0 saturated carbocycles. The number of hydrogen-bond acceptors (Lipinski definition) is 4. The quantitative estimate of drug-likeness (QED) is 0.479. The zero-order valence-electron chi connectivity index (χ0n) is 10.1. The summed E-state index contributed by atoms with van der Waals surface area (Å²) in [5.41, 5.74) is 0. The minimum atomic E-state index is -3.05. The third-order valence-corrected chi connectivity index (χ3v) is 4.60. The summed E-state index contributed by atoms with van der Waals surface area (Å²) in [7, 11) is 0.672. The Hall–Kier alpha value is -0.150. The van der Waals surface area contributed by atoms with Crippen molar-refractivity contribution < 1.29 is 13.6 Å². The van der Waals surface area contributed by atoms with Gasteiger partial charge in [-0.3, -0.25) is 9.46 Å². The molecule has 0 rings (SSSR count). The van der Waals surface area contributed by atoms with Gasteiger partial charge in [-0.1, -0.05) is 6.08 Å². The normalized spacial score (nSPS) is 14.2. The molecule has 0 fully saturated rings. The van der Waals surface area contributed by atoms with Crippen LogP contribution in [0.1, 0.15) is 20.3 Å². The van der Waals surface area contributed by atoms with E-state index in [1.54, 1.807) is 6.08 Å². The fraction of sp³-hybridized carbons (Fsp3) is 0.800. The van der Waals surface area contributed by atoms with E-state index in [0.717, 1.165) is 0 Å². The number of hydrogen-bond donors (Lipinski definition) is 0. The summed E-state index contributed by atoms with van der Waals surface area (Å²) in [6, 6.07) is 0. The van der Waals surface area contributed by atoms with Crippen molar-refractivity contribution in [2.75, 3.05) is 27.3 Å². The molecule has 0 aromatic rings. The van der Waals surface area contributed by atoms with Gasteiger partial charge in [-0.25, -0.2) is 0 Å². The van der Waals surface area contributed by atoms with Crippen molar-refractivity contribution in [3.8, 4) is 0 Å². The lowest BCUT2D eigenvalue weighted by Crippen LogP contribution is -2.29. The topological polar surface area (TPSA) is 38.8 Å². The van der Waals surface area contributed by atoms with Crippen LogP contribution < -0.4 is 0 Å². The third kappa shape index (κ3) is 4.47. The summed E-state index contributed by atoms with van der Waals surface area (Å²) in [5.74, 6) is -0.255. The second kappa shape index (κ2) is 7.18. The largest absolute Gasteiger partial charge is 0.347 e. The Morgan fingerprint density at radius 1 is 1.33 bits per heavy atom. The minimum absolute atomic E-state index is 0.255. The highest BCUT2D eigenvalue weighted by atomic mass is 31.2. The highest BCUT2D eigenvalue weighted by Crippen LogP contribution is 2.54. The van der Waals surface area contributed by atoms with E-state index in [0.29, 0.717) is 19.6 Å². The molecule has 0 aliphatic rings. The monoisotopic (exact) mass is 235 g/mol. The molecule has 0 radical (unpaired) electrons. The van der Waals surface area contributed by atoms with Crippen molar-refractivity contribution in [2.24, 2.45) is 0 Å². The van der Waals surface area contributed by atoms with Gasteiger partial charge in [-0.2, -0.15) is 0 Å². The zero-order valence-corrected chi connectivity index (χ0v) is 11.0. The van der Waals surface area contributed by atoms with E-state index in [9.17, 15) is 4.57 Å². The number of rotatable bonds is 8. The Balaban J connectivity index is 4.81. The van der Waals surface area contributed by atoms with Crippen LogP contribution in [-0.4, -0.2) is 38.0 Å². The predicted molar refractivity (Wildman–Crippen MR) is 63.1 cm³/mol. The molecule has 4 nitrogen and oxygen atoms in total. The van der Waals surface area contributed by atoms with Crippen LogP contribution in [0.2, 0.25) is 0 Å². The van der Waals surface area contributed by atoms with E-state index >= 15 is 0 Å². The third-order valence-electron chi connectivity index (χ3n) is 1.96. The summed E-state index contributed by atoms with van der Waals surface area (Å²) < 4.78 is 23.0.